The van der Waals surface area contributed by atoms with Gasteiger partial charge in [-0.3, -0.25) is 9.00 Å². The van der Waals surface area contributed by atoms with Crippen molar-refractivity contribution in [2.75, 3.05) is 6.26 Å². The molecule has 2 atom stereocenters. The van der Waals surface area contributed by atoms with Crippen molar-refractivity contribution in [3.05, 3.63) is 106 Å². The molecule has 3 rings (SSSR count). The van der Waals surface area contributed by atoms with Crippen LogP contribution in [0.15, 0.2) is 78.9 Å². The molecule has 138 valence electrons. The first-order valence-electron chi connectivity index (χ1n) is 8.53. The van der Waals surface area contributed by atoms with E-state index in [1.807, 2.05) is 66.7 Å². The molecule has 3 aromatic rings. The lowest BCUT2D eigenvalue weighted by Gasteiger charge is -2.20. The maximum Gasteiger partial charge on any atom is 0.252 e. The van der Waals surface area contributed by atoms with Gasteiger partial charge in [-0.1, -0.05) is 66.2 Å². The first kappa shape index (κ1) is 19.3. The molecule has 1 N–H and O–H groups in total. The topological polar surface area (TPSA) is 46.2 Å². The standard InChI is InChI=1S/C22H20ClNO2S/c1-27(26)15-16-6-5-9-19(14-16)22(25)24-21(17-7-3-2-4-8-17)18-10-12-20(23)13-11-18/h2-14,21H,15H2,1H3,(H,24,25). The molecular formula is C22H20ClNO2S. The smallest absolute Gasteiger partial charge is 0.252 e. The van der Waals surface area contributed by atoms with Gasteiger partial charge >= 0.3 is 0 Å². The summed E-state index contributed by atoms with van der Waals surface area (Å²) in [7, 11) is -0.955. The Morgan fingerprint density at radius 3 is 2.30 bits per heavy atom. The largest absolute Gasteiger partial charge is 0.341 e. The molecule has 0 radical (unpaired) electrons. The molecule has 27 heavy (non-hydrogen) atoms. The zero-order valence-electron chi connectivity index (χ0n) is 14.9. The van der Waals surface area contributed by atoms with Crippen molar-refractivity contribution in [3.63, 3.8) is 0 Å². The minimum Gasteiger partial charge on any atom is -0.341 e. The van der Waals surface area contributed by atoms with Gasteiger partial charge in [-0.05, 0) is 41.0 Å². The lowest BCUT2D eigenvalue weighted by Crippen LogP contribution is -2.29. The van der Waals surface area contributed by atoms with Gasteiger partial charge in [0.15, 0.2) is 0 Å². The van der Waals surface area contributed by atoms with Crippen molar-refractivity contribution in [2.24, 2.45) is 0 Å². The van der Waals surface area contributed by atoms with Crippen LogP contribution in [0.2, 0.25) is 5.02 Å². The lowest BCUT2D eigenvalue weighted by atomic mass is 9.98. The average molecular weight is 398 g/mol. The third kappa shape index (κ3) is 5.28. The van der Waals surface area contributed by atoms with Crippen molar-refractivity contribution < 1.29 is 9.00 Å². The second-order valence-electron chi connectivity index (χ2n) is 6.29. The van der Waals surface area contributed by atoms with E-state index in [1.54, 1.807) is 18.4 Å². The van der Waals surface area contributed by atoms with Crippen LogP contribution in [0.1, 0.15) is 33.1 Å². The Hall–Kier alpha value is -2.43. The van der Waals surface area contributed by atoms with Gasteiger partial charge in [0.1, 0.15) is 0 Å². The van der Waals surface area contributed by atoms with E-state index < -0.39 is 10.8 Å². The zero-order chi connectivity index (χ0) is 19.2. The second kappa shape index (κ2) is 8.98. The molecule has 2 unspecified atom stereocenters. The maximum atomic E-state index is 12.9. The Morgan fingerprint density at radius 1 is 0.963 bits per heavy atom. The van der Waals surface area contributed by atoms with Crippen molar-refractivity contribution in [1.29, 1.82) is 0 Å². The van der Waals surface area contributed by atoms with E-state index in [0.717, 1.165) is 16.7 Å². The number of halogens is 1. The molecule has 0 aliphatic rings. The number of nitrogens with one attached hydrogen (secondary N) is 1. The van der Waals surface area contributed by atoms with E-state index >= 15 is 0 Å². The van der Waals surface area contributed by atoms with Gasteiger partial charge in [-0.15, -0.1) is 0 Å². The summed E-state index contributed by atoms with van der Waals surface area (Å²) in [5.74, 6) is 0.253. The van der Waals surface area contributed by atoms with E-state index in [4.69, 9.17) is 11.6 Å². The Labute approximate surface area is 166 Å². The number of carbonyl (C=O) groups is 1. The molecule has 1 amide bonds. The van der Waals surface area contributed by atoms with Crippen LogP contribution in [0.25, 0.3) is 0 Å². The molecule has 0 saturated heterocycles. The highest BCUT2D eigenvalue weighted by Gasteiger charge is 2.18. The first-order valence-corrected chi connectivity index (χ1v) is 10.6. The van der Waals surface area contributed by atoms with Crippen molar-refractivity contribution in [3.8, 4) is 0 Å². The lowest BCUT2D eigenvalue weighted by molar-refractivity contribution is 0.0943. The first-order chi connectivity index (χ1) is 13.0. The Bertz CT molecular complexity index is 942. The van der Waals surface area contributed by atoms with Crippen LogP contribution in [0.5, 0.6) is 0 Å². The van der Waals surface area contributed by atoms with Crippen LogP contribution in [-0.4, -0.2) is 16.4 Å². The van der Waals surface area contributed by atoms with Gasteiger partial charge in [0.05, 0.1) is 6.04 Å². The zero-order valence-corrected chi connectivity index (χ0v) is 16.5. The van der Waals surface area contributed by atoms with Gasteiger partial charge in [0, 0.05) is 33.4 Å². The molecule has 0 aliphatic carbocycles. The average Bonchev–Trinajstić information content (AvgIpc) is 2.67. The van der Waals surface area contributed by atoms with E-state index in [2.05, 4.69) is 5.32 Å². The van der Waals surface area contributed by atoms with Crippen LogP contribution < -0.4 is 5.32 Å². The van der Waals surface area contributed by atoms with Crippen molar-refractivity contribution >= 4 is 28.3 Å². The highest BCUT2D eigenvalue weighted by molar-refractivity contribution is 7.83. The number of hydrogen-bond acceptors (Lipinski definition) is 2. The van der Waals surface area contributed by atoms with Crippen LogP contribution in [0.3, 0.4) is 0 Å². The highest BCUT2D eigenvalue weighted by atomic mass is 35.5. The summed E-state index contributed by atoms with van der Waals surface area (Å²) < 4.78 is 11.5. The normalized spacial score (nSPS) is 13.0. The predicted molar refractivity (Wildman–Crippen MR) is 111 cm³/mol. The summed E-state index contributed by atoms with van der Waals surface area (Å²) in [6, 6.07) is 24.2. The summed E-state index contributed by atoms with van der Waals surface area (Å²) in [4.78, 5) is 12.9. The maximum absolute atomic E-state index is 12.9. The molecule has 0 heterocycles. The third-order valence-corrected chi connectivity index (χ3v) is 5.16. The molecule has 3 aromatic carbocycles. The monoisotopic (exact) mass is 397 g/mol. The predicted octanol–water partition coefficient (Wildman–Crippen LogP) is 4.74. The minimum atomic E-state index is -0.955. The molecule has 0 aromatic heterocycles. The van der Waals surface area contributed by atoms with Crippen molar-refractivity contribution in [2.45, 2.75) is 11.8 Å². The van der Waals surface area contributed by atoms with Gasteiger partial charge in [-0.2, -0.15) is 0 Å². The summed E-state index contributed by atoms with van der Waals surface area (Å²) in [5, 5.41) is 3.76. The third-order valence-electron chi connectivity index (χ3n) is 4.17. The number of benzene rings is 3. The van der Waals surface area contributed by atoms with Gasteiger partial charge in [0.2, 0.25) is 0 Å². The van der Waals surface area contributed by atoms with Gasteiger partial charge in [-0.25, -0.2) is 0 Å². The van der Waals surface area contributed by atoms with Crippen LogP contribution in [-0.2, 0) is 16.6 Å². The molecule has 3 nitrogen and oxygen atoms in total. The number of rotatable bonds is 6. The Kier molecular flexibility index (Phi) is 6.43. The fourth-order valence-electron chi connectivity index (χ4n) is 2.91. The van der Waals surface area contributed by atoms with Crippen LogP contribution in [0, 0.1) is 0 Å². The number of amides is 1. The van der Waals surface area contributed by atoms with E-state index in [1.165, 1.54) is 0 Å². The summed E-state index contributed by atoms with van der Waals surface area (Å²) in [5.41, 5.74) is 3.36. The number of hydrogen-bond donors (Lipinski definition) is 1. The van der Waals surface area contributed by atoms with Crippen LogP contribution >= 0.6 is 11.6 Å². The highest BCUT2D eigenvalue weighted by Crippen LogP contribution is 2.24. The fourth-order valence-corrected chi connectivity index (χ4v) is 3.69. The quantitative estimate of drug-likeness (QED) is 0.653. The second-order valence-corrected chi connectivity index (χ2v) is 8.16. The summed E-state index contributed by atoms with van der Waals surface area (Å²) in [6.45, 7) is 0. The van der Waals surface area contributed by atoms with E-state index in [-0.39, 0.29) is 11.9 Å². The van der Waals surface area contributed by atoms with Crippen LogP contribution in [0.4, 0.5) is 0 Å². The molecule has 0 spiro atoms. The number of carbonyl (C=O) groups excluding carboxylic acids is 1. The SMILES string of the molecule is CS(=O)Cc1cccc(C(=O)NC(c2ccccc2)c2ccc(Cl)cc2)c1. The van der Waals surface area contributed by atoms with E-state index in [9.17, 15) is 9.00 Å². The Balaban J connectivity index is 1.89. The molecular weight excluding hydrogens is 378 g/mol. The minimum absolute atomic E-state index is 0.178. The summed E-state index contributed by atoms with van der Waals surface area (Å²) >= 11 is 6.01. The summed E-state index contributed by atoms with van der Waals surface area (Å²) in [6.07, 6.45) is 1.65. The van der Waals surface area contributed by atoms with E-state index in [0.29, 0.717) is 16.3 Å². The van der Waals surface area contributed by atoms with Gasteiger partial charge < -0.3 is 5.32 Å². The molecule has 0 aliphatic heterocycles. The molecule has 5 heteroatoms. The molecule has 0 saturated carbocycles. The molecule has 0 fully saturated rings. The fraction of sp³-hybridized carbons (Fsp3) is 0.136. The van der Waals surface area contributed by atoms with Crippen molar-refractivity contribution in [1.82, 2.24) is 5.32 Å². The van der Waals surface area contributed by atoms with Gasteiger partial charge in [0.25, 0.3) is 5.91 Å². The Morgan fingerprint density at radius 2 is 1.63 bits per heavy atom. The molecule has 0 bridgehead atoms.